The summed E-state index contributed by atoms with van der Waals surface area (Å²) in [6.07, 6.45) is 8.66. The van der Waals surface area contributed by atoms with Crippen LogP contribution in [0.2, 0.25) is 0 Å². The Hall–Kier alpha value is -0.0800. The van der Waals surface area contributed by atoms with E-state index < -0.39 is 0 Å². The molecule has 0 unspecified atom stereocenters. The van der Waals surface area contributed by atoms with Gasteiger partial charge in [-0.3, -0.25) is 5.32 Å². The fourth-order valence-corrected chi connectivity index (χ4v) is 2.56. The summed E-state index contributed by atoms with van der Waals surface area (Å²) in [6.45, 7) is 0.721. The van der Waals surface area contributed by atoms with E-state index in [1.807, 2.05) is 0 Å². The van der Waals surface area contributed by atoms with Gasteiger partial charge >= 0.3 is 0 Å². The van der Waals surface area contributed by atoms with Crippen molar-refractivity contribution < 1.29 is 4.74 Å². The van der Waals surface area contributed by atoms with Crippen LogP contribution in [0.25, 0.3) is 0 Å². The molecule has 0 aromatic heterocycles. The molecule has 0 radical (unpaired) electrons. The van der Waals surface area contributed by atoms with Gasteiger partial charge in [0.2, 0.25) is 0 Å². The van der Waals surface area contributed by atoms with Crippen LogP contribution in [0.4, 0.5) is 0 Å². The maximum atomic E-state index is 5.02. The van der Waals surface area contributed by atoms with Gasteiger partial charge in [0.1, 0.15) is 0 Å². The summed E-state index contributed by atoms with van der Waals surface area (Å²) in [7, 11) is 1.75. The highest BCUT2D eigenvalue weighted by Gasteiger charge is 2.33. The zero-order valence-corrected chi connectivity index (χ0v) is 8.59. The Balaban J connectivity index is 1.63. The van der Waals surface area contributed by atoms with E-state index in [1.54, 1.807) is 7.11 Å². The van der Waals surface area contributed by atoms with Crippen LogP contribution < -0.4 is 5.32 Å². The third-order valence-electron chi connectivity index (χ3n) is 3.58. The Bertz CT molecular complexity index is 148. The van der Waals surface area contributed by atoms with Gasteiger partial charge in [0.15, 0.2) is 0 Å². The summed E-state index contributed by atoms with van der Waals surface area (Å²) in [6, 6.07) is 0.731. The quantitative estimate of drug-likeness (QED) is 0.674. The first-order chi connectivity index (χ1) is 6.40. The smallest absolute Gasteiger partial charge is 0.0963 e. The van der Waals surface area contributed by atoms with Crippen molar-refractivity contribution in [3.05, 3.63) is 0 Å². The van der Waals surface area contributed by atoms with Crippen LogP contribution in [-0.2, 0) is 4.74 Å². The molecule has 2 nitrogen and oxygen atoms in total. The van der Waals surface area contributed by atoms with E-state index in [0.29, 0.717) is 0 Å². The zero-order chi connectivity index (χ0) is 9.10. The van der Waals surface area contributed by atoms with Crippen molar-refractivity contribution in [1.82, 2.24) is 5.32 Å². The molecule has 2 heteroatoms. The van der Waals surface area contributed by atoms with Crippen LogP contribution in [0, 0.1) is 11.8 Å². The van der Waals surface area contributed by atoms with Gasteiger partial charge < -0.3 is 4.74 Å². The summed E-state index contributed by atoms with van der Waals surface area (Å²) in [5, 5.41) is 3.43. The van der Waals surface area contributed by atoms with Gasteiger partial charge in [0.25, 0.3) is 0 Å². The zero-order valence-electron chi connectivity index (χ0n) is 8.59. The van der Waals surface area contributed by atoms with Crippen molar-refractivity contribution in [2.75, 3.05) is 13.8 Å². The van der Waals surface area contributed by atoms with Crippen LogP contribution >= 0.6 is 0 Å². The fourth-order valence-electron chi connectivity index (χ4n) is 2.56. The van der Waals surface area contributed by atoms with Crippen molar-refractivity contribution in [2.45, 2.75) is 44.6 Å². The average molecular weight is 183 g/mol. The molecular weight excluding hydrogens is 162 g/mol. The molecule has 0 amide bonds. The monoisotopic (exact) mass is 183 g/mol. The van der Waals surface area contributed by atoms with Crippen molar-refractivity contribution in [3.63, 3.8) is 0 Å². The Morgan fingerprint density at radius 2 is 1.54 bits per heavy atom. The van der Waals surface area contributed by atoms with Gasteiger partial charge in [-0.15, -0.1) is 0 Å². The molecule has 2 aliphatic carbocycles. The molecule has 2 rings (SSSR count). The van der Waals surface area contributed by atoms with Crippen LogP contribution in [0.3, 0.4) is 0 Å². The summed E-state index contributed by atoms with van der Waals surface area (Å²) in [5.74, 6) is 2.18. The third kappa shape index (κ3) is 2.68. The molecule has 0 atom stereocenters. The highest BCUT2D eigenvalue weighted by molar-refractivity contribution is 4.86. The van der Waals surface area contributed by atoms with E-state index in [1.165, 1.54) is 38.5 Å². The minimum atomic E-state index is 0.721. The number of ether oxygens (including phenoxy) is 1. The second-order valence-corrected chi connectivity index (χ2v) is 4.59. The predicted molar refractivity (Wildman–Crippen MR) is 53.5 cm³/mol. The number of rotatable bonds is 4. The van der Waals surface area contributed by atoms with Crippen molar-refractivity contribution in [3.8, 4) is 0 Å². The lowest BCUT2D eigenvalue weighted by molar-refractivity contribution is 0.146. The first-order valence-corrected chi connectivity index (χ1v) is 5.62. The summed E-state index contributed by atoms with van der Waals surface area (Å²) in [5.41, 5.74) is 0. The Kier molecular flexibility index (Phi) is 3.23. The van der Waals surface area contributed by atoms with Gasteiger partial charge in [-0.05, 0) is 50.4 Å². The summed E-state index contributed by atoms with van der Waals surface area (Å²) in [4.78, 5) is 0. The van der Waals surface area contributed by atoms with E-state index in [9.17, 15) is 0 Å². The van der Waals surface area contributed by atoms with E-state index in [-0.39, 0.29) is 0 Å². The first-order valence-electron chi connectivity index (χ1n) is 5.62. The maximum Gasteiger partial charge on any atom is 0.0963 e. The lowest BCUT2D eigenvalue weighted by atomic mass is 9.83. The Morgan fingerprint density at radius 1 is 1.00 bits per heavy atom. The second-order valence-electron chi connectivity index (χ2n) is 4.59. The molecule has 0 aliphatic heterocycles. The average Bonchev–Trinajstić information content (AvgIpc) is 2.99. The number of methoxy groups -OCH3 is 1. The van der Waals surface area contributed by atoms with E-state index in [2.05, 4.69) is 5.32 Å². The minimum Gasteiger partial charge on any atom is -0.370 e. The van der Waals surface area contributed by atoms with Gasteiger partial charge in [-0.1, -0.05) is 0 Å². The fraction of sp³-hybridized carbons (Fsp3) is 1.00. The standard InChI is InChI=1S/C11H21NO/c1-13-8-12-11-6-4-10(5-7-11)9-2-3-9/h9-12H,2-8H2,1H3. The van der Waals surface area contributed by atoms with Crippen LogP contribution in [-0.4, -0.2) is 19.9 Å². The molecule has 0 heterocycles. The molecule has 0 saturated heterocycles. The van der Waals surface area contributed by atoms with E-state index in [4.69, 9.17) is 4.74 Å². The summed E-state index contributed by atoms with van der Waals surface area (Å²) < 4.78 is 5.02. The van der Waals surface area contributed by atoms with Crippen molar-refractivity contribution >= 4 is 0 Å². The molecule has 0 bridgehead atoms. The van der Waals surface area contributed by atoms with Crippen LogP contribution in [0.5, 0.6) is 0 Å². The van der Waals surface area contributed by atoms with E-state index >= 15 is 0 Å². The Labute approximate surface area is 81.0 Å². The van der Waals surface area contributed by atoms with Crippen LogP contribution in [0.15, 0.2) is 0 Å². The minimum absolute atomic E-state index is 0.721. The van der Waals surface area contributed by atoms with Gasteiger partial charge in [-0.25, -0.2) is 0 Å². The third-order valence-corrected chi connectivity index (χ3v) is 3.58. The molecule has 1 N–H and O–H groups in total. The maximum absolute atomic E-state index is 5.02. The van der Waals surface area contributed by atoms with Crippen molar-refractivity contribution in [1.29, 1.82) is 0 Å². The molecule has 2 saturated carbocycles. The van der Waals surface area contributed by atoms with Gasteiger partial charge in [0, 0.05) is 13.2 Å². The predicted octanol–water partition coefficient (Wildman–Crippen LogP) is 2.15. The number of nitrogens with one attached hydrogen (secondary N) is 1. The van der Waals surface area contributed by atoms with Gasteiger partial charge in [-0.2, -0.15) is 0 Å². The molecule has 2 fully saturated rings. The van der Waals surface area contributed by atoms with Crippen LogP contribution in [0.1, 0.15) is 38.5 Å². The lowest BCUT2D eigenvalue weighted by Gasteiger charge is -2.28. The molecule has 76 valence electrons. The lowest BCUT2D eigenvalue weighted by Crippen LogP contribution is -2.34. The molecule has 13 heavy (non-hydrogen) atoms. The first kappa shape index (κ1) is 9.47. The summed E-state index contributed by atoms with van der Waals surface area (Å²) >= 11 is 0. The topological polar surface area (TPSA) is 21.3 Å². The normalized spacial score (nSPS) is 34.8. The molecular formula is C11H21NO. The molecule has 0 aromatic rings. The largest absolute Gasteiger partial charge is 0.370 e. The highest BCUT2D eigenvalue weighted by Crippen LogP contribution is 2.43. The molecule has 0 aromatic carbocycles. The number of hydrogen-bond donors (Lipinski definition) is 1. The number of hydrogen-bond acceptors (Lipinski definition) is 2. The Morgan fingerprint density at radius 3 is 2.00 bits per heavy atom. The SMILES string of the molecule is COCNC1CCC(C2CC2)CC1. The molecule has 2 aliphatic rings. The van der Waals surface area contributed by atoms with E-state index in [0.717, 1.165) is 24.6 Å². The van der Waals surface area contributed by atoms with Gasteiger partial charge in [0.05, 0.1) is 6.73 Å². The van der Waals surface area contributed by atoms with Crippen molar-refractivity contribution in [2.24, 2.45) is 11.8 Å². The molecule has 0 spiro atoms. The highest BCUT2D eigenvalue weighted by atomic mass is 16.5. The second kappa shape index (κ2) is 4.43.